The topological polar surface area (TPSA) is 113 Å². The quantitative estimate of drug-likeness (QED) is 0.184. The number of pyridine rings is 2. The summed E-state index contributed by atoms with van der Waals surface area (Å²) in [5.41, 5.74) is 9.44. The van der Waals surface area contributed by atoms with Gasteiger partial charge in [-0.2, -0.15) is 0 Å². The van der Waals surface area contributed by atoms with Crippen LogP contribution < -0.4 is 5.32 Å². The Balaban J connectivity index is 2.03. The van der Waals surface area contributed by atoms with Crippen molar-refractivity contribution in [2.45, 2.75) is 6.42 Å². The maximum atomic E-state index is 11.8. The number of carbonyl (C=O) groups excluding carboxylic acids is 1. The number of anilines is 1. The highest BCUT2D eigenvalue weighted by Crippen LogP contribution is 2.29. The maximum Gasteiger partial charge on any atom is 0.337 e. The van der Waals surface area contributed by atoms with Crippen LogP contribution >= 0.6 is 0 Å². The Kier molecular flexibility index (Phi) is 4.92. The van der Waals surface area contributed by atoms with Gasteiger partial charge in [-0.3, -0.25) is 4.98 Å². The highest BCUT2D eigenvalue weighted by molar-refractivity contribution is 6.10. The third kappa shape index (κ3) is 3.44. The number of hydrogen-bond acceptors (Lipinski definition) is 6. The first kappa shape index (κ1) is 16.5. The van der Waals surface area contributed by atoms with Crippen molar-refractivity contribution in [1.29, 1.82) is 0 Å². The van der Waals surface area contributed by atoms with Crippen molar-refractivity contribution in [2.24, 2.45) is 5.11 Å². The van der Waals surface area contributed by atoms with Gasteiger partial charge in [0, 0.05) is 46.6 Å². The van der Waals surface area contributed by atoms with Gasteiger partial charge in [-0.15, -0.1) is 0 Å². The summed E-state index contributed by atoms with van der Waals surface area (Å²) in [6.07, 6.45) is 4.19. The Morgan fingerprint density at radius 3 is 3.00 bits per heavy atom. The van der Waals surface area contributed by atoms with Gasteiger partial charge in [-0.25, -0.2) is 9.78 Å². The summed E-state index contributed by atoms with van der Waals surface area (Å²) in [5, 5.41) is 9.58. The monoisotopic (exact) mass is 336 g/mol. The van der Waals surface area contributed by atoms with Gasteiger partial charge in [0.2, 0.25) is 0 Å². The highest BCUT2D eigenvalue weighted by atomic mass is 16.5. The number of fused-ring (bicyclic) bond motifs is 3. The van der Waals surface area contributed by atoms with Crippen LogP contribution in [0.5, 0.6) is 0 Å². The van der Waals surface area contributed by atoms with E-state index in [0.717, 1.165) is 16.2 Å². The van der Waals surface area contributed by atoms with Crippen LogP contribution in [0.15, 0.2) is 41.8 Å². The fourth-order valence-corrected chi connectivity index (χ4v) is 2.63. The van der Waals surface area contributed by atoms with Crippen LogP contribution in [0, 0.1) is 0 Å². The number of methoxy groups -OCH3 is 1. The molecule has 0 spiro atoms. The highest BCUT2D eigenvalue weighted by Gasteiger charge is 2.11. The van der Waals surface area contributed by atoms with Crippen LogP contribution in [-0.4, -0.2) is 36.1 Å². The summed E-state index contributed by atoms with van der Waals surface area (Å²) in [7, 11) is 1.35. The molecule has 8 heteroatoms. The van der Waals surface area contributed by atoms with Crippen molar-refractivity contribution in [3.63, 3.8) is 0 Å². The van der Waals surface area contributed by atoms with Crippen molar-refractivity contribution in [3.05, 3.63) is 52.7 Å². The lowest BCUT2D eigenvalue weighted by molar-refractivity contribution is 0.0601. The molecular formula is C17H16N6O2. The van der Waals surface area contributed by atoms with E-state index in [9.17, 15) is 4.79 Å². The minimum Gasteiger partial charge on any atom is -0.465 e. The van der Waals surface area contributed by atoms with Crippen LogP contribution in [-0.2, 0) is 4.74 Å². The van der Waals surface area contributed by atoms with Crippen LogP contribution in [0.25, 0.3) is 32.1 Å². The molecule has 0 radical (unpaired) electrons. The third-order valence-electron chi connectivity index (χ3n) is 3.81. The minimum atomic E-state index is -0.404. The molecule has 0 atom stereocenters. The van der Waals surface area contributed by atoms with Crippen LogP contribution in [0.4, 0.5) is 5.82 Å². The number of nitrogens with zero attached hydrogens (tertiary/aromatic N) is 5. The van der Waals surface area contributed by atoms with Crippen molar-refractivity contribution in [1.82, 2.24) is 9.97 Å². The van der Waals surface area contributed by atoms with Gasteiger partial charge in [-0.1, -0.05) is 11.2 Å². The average molecular weight is 336 g/mol. The van der Waals surface area contributed by atoms with Gasteiger partial charge >= 0.3 is 5.97 Å². The van der Waals surface area contributed by atoms with Crippen molar-refractivity contribution in [2.75, 3.05) is 25.5 Å². The number of ether oxygens (including phenoxy) is 1. The molecule has 0 aliphatic heterocycles. The summed E-state index contributed by atoms with van der Waals surface area (Å²) >= 11 is 0. The molecule has 3 aromatic rings. The van der Waals surface area contributed by atoms with E-state index >= 15 is 0 Å². The summed E-state index contributed by atoms with van der Waals surface area (Å²) in [4.78, 5) is 23.3. The number of rotatable bonds is 6. The van der Waals surface area contributed by atoms with Gasteiger partial charge in [0.1, 0.15) is 5.82 Å². The number of benzene rings is 1. The van der Waals surface area contributed by atoms with Crippen LogP contribution in [0.3, 0.4) is 0 Å². The third-order valence-corrected chi connectivity index (χ3v) is 3.81. The molecule has 2 aromatic heterocycles. The predicted octanol–water partition coefficient (Wildman–Crippen LogP) is 3.68. The van der Waals surface area contributed by atoms with E-state index in [0.29, 0.717) is 36.4 Å². The van der Waals surface area contributed by atoms with E-state index in [1.807, 2.05) is 12.1 Å². The summed E-state index contributed by atoms with van der Waals surface area (Å²) < 4.78 is 4.77. The molecule has 3 rings (SSSR count). The Morgan fingerprint density at radius 2 is 2.20 bits per heavy atom. The second-order valence-electron chi connectivity index (χ2n) is 5.34. The largest absolute Gasteiger partial charge is 0.465 e. The predicted molar refractivity (Wildman–Crippen MR) is 95.5 cm³/mol. The van der Waals surface area contributed by atoms with Crippen LogP contribution in [0.1, 0.15) is 16.8 Å². The van der Waals surface area contributed by atoms with E-state index in [1.54, 1.807) is 24.5 Å². The van der Waals surface area contributed by atoms with Gasteiger partial charge in [-0.05, 0) is 30.2 Å². The second kappa shape index (κ2) is 7.46. The van der Waals surface area contributed by atoms with E-state index in [4.69, 9.17) is 10.3 Å². The average Bonchev–Trinajstić information content (AvgIpc) is 2.66. The summed E-state index contributed by atoms with van der Waals surface area (Å²) in [6.45, 7) is 1.04. The molecule has 2 heterocycles. The van der Waals surface area contributed by atoms with Crippen molar-refractivity contribution < 1.29 is 9.53 Å². The van der Waals surface area contributed by atoms with E-state index in [2.05, 4.69) is 25.3 Å². The Bertz CT molecular complexity index is 981. The number of nitrogens with one attached hydrogen (secondary N) is 1. The molecule has 0 fully saturated rings. The molecule has 0 bridgehead atoms. The zero-order valence-corrected chi connectivity index (χ0v) is 13.6. The number of aromatic nitrogens is 2. The molecule has 0 amide bonds. The molecule has 1 N–H and O–H groups in total. The standard InChI is InChI=1S/C17H16N6O2/c1-25-17(24)11-3-4-12-14-10-19-8-5-13(14)16(22-15(12)9-11)20-6-2-7-21-23-18/h3-5,8-10H,2,6-7H2,1H3,(H,20,22). The molecule has 0 aliphatic carbocycles. The first-order valence-corrected chi connectivity index (χ1v) is 7.75. The Hall–Kier alpha value is -3.38. The van der Waals surface area contributed by atoms with Gasteiger partial charge in [0.15, 0.2) is 0 Å². The lowest BCUT2D eigenvalue weighted by Gasteiger charge is -2.11. The van der Waals surface area contributed by atoms with Crippen molar-refractivity contribution >= 4 is 33.5 Å². The van der Waals surface area contributed by atoms with Gasteiger partial charge < -0.3 is 10.1 Å². The molecule has 1 aromatic carbocycles. The first-order chi connectivity index (χ1) is 12.2. The first-order valence-electron chi connectivity index (χ1n) is 7.75. The molecule has 126 valence electrons. The normalized spacial score (nSPS) is 10.4. The minimum absolute atomic E-state index is 0.404. The zero-order chi connectivity index (χ0) is 17.6. The van der Waals surface area contributed by atoms with Crippen LogP contribution in [0.2, 0.25) is 0 Å². The number of hydrogen-bond donors (Lipinski definition) is 1. The van der Waals surface area contributed by atoms with Gasteiger partial charge in [0.25, 0.3) is 0 Å². The Labute approximate surface area is 143 Å². The molecule has 8 nitrogen and oxygen atoms in total. The SMILES string of the molecule is COC(=O)c1ccc2c(c1)nc(NCCCN=[N+]=[N-])c1ccncc12. The molecule has 0 aliphatic rings. The van der Waals surface area contributed by atoms with E-state index < -0.39 is 5.97 Å². The van der Waals surface area contributed by atoms with E-state index in [-0.39, 0.29) is 0 Å². The van der Waals surface area contributed by atoms with Crippen molar-refractivity contribution in [3.8, 4) is 0 Å². The Morgan fingerprint density at radius 1 is 1.32 bits per heavy atom. The maximum absolute atomic E-state index is 11.8. The number of carbonyl (C=O) groups is 1. The number of azide groups is 1. The zero-order valence-electron chi connectivity index (χ0n) is 13.6. The lowest BCUT2D eigenvalue weighted by Crippen LogP contribution is -2.06. The smallest absolute Gasteiger partial charge is 0.337 e. The molecule has 25 heavy (non-hydrogen) atoms. The summed E-state index contributed by atoms with van der Waals surface area (Å²) in [5.74, 6) is 0.298. The molecule has 0 saturated heterocycles. The second-order valence-corrected chi connectivity index (χ2v) is 5.34. The molecule has 0 saturated carbocycles. The molecule has 0 unspecified atom stereocenters. The number of esters is 1. The van der Waals surface area contributed by atoms with E-state index in [1.165, 1.54) is 7.11 Å². The molecular weight excluding hydrogens is 320 g/mol. The lowest BCUT2D eigenvalue weighted by atomic mass is 10.1. The van der Waals surface area contributed by atoms with Gasteiger partial charge in [0.05, 0.1) is 18.2 Å². The fourth-order valence-electron chi connectivity index (χ4n) is 2.63. The fraction of sp³-hybridized carbons (Fsp3) is 0.235. The summed E-state index contributed by atoms with van der Waals surface area (Å²) in [6, 6.07) is 7.17.